The Labute approximate surface area is 115 Å². The number of anilines is 2. The van der Waals surface area contributed by atoms with Gasteiger partial charge >= 0.3 is 0 Å². The van der Waals surface area contributed by atoms with Crippen LogP contribution >= 0.6 is 0 Å². The van der Waals surface area contributed by atoms with E-state index in [2.05, 4.69) is 23.6 Å². The maximum atomic E-state index is 11.1. The molecule has 0 heterocycles. The first kappa shape index (κ1) is 15.3. The Hall–Kier alpha value is -1.75. The van der Waals surface area contributed by atoms with Gasteiger partial charge in [-0.05, 0) is 46.1 Å². The largest absolute Gasteiger partial charge is 0.397 e. The SMILES string of the molecule is CCN(c1ccc(C(N)=O)cc1N)C(C)CN(C)C. The van der Waals surface area contributed by atoms with Crippen molar-refractivity contribution in [2.45, 2.75) is 19.9 Å². The summed E-state index contributed by atoms with van der Waals surface area (Å²) < 4.78 is 0. The number of primary amides is 1. The second-order valence-corrected chi connectivity index (χ2v) is 5.04. The van der Waals surface area contributed by atoms with Crippen molar-refractivity contribution in [3.05, 3.63) is 23.8 Å². The highest BCUT2D eigenvalue weighted by Crippen LogP contribution is 2.26. The summed E-state index contributed by atoms with van der Waals surface area (Å²) in [6, 6.07) is 5.56. The van der Waals surface area contributed by atoms with E-state index < -0.39 is 5.91 Å². The Morgan fingerprint density at radius 1 is 1.37 bits per heavy atom. The number of likely N-dealkylation sites (N-methyl/N-ethyl adjacent to an activating group) is 2. The number of benzene rings is 1. The number of nitrogen functional groups attached to an aromatic ring is 1. The number of carbonyl (C=O) groups excluding carboxylic acids is 1. The molecule has 0 aliphatic heterocycles. The zero-order chi connectivity index (χ0) is 14.6. The molecule has 0 spiro atoms. The number of nitrogens with two attached hydrogens (primary N) is 2. The van der Waals surface area contributed by atoms with Crippen molar-refractivity contribution in [1.29, 1.82) is 0 Å². The summed E-state index contributed by atoms with van der Waals surface area (Å²) in [6.07, 6.45) is 0. The Bertz CT molecular complexity index is 445. The van der Waals surface area contributed by atoms with Crippen LogP contribution in [0.2, 0.25) is 0 Å². The molecule has 1 atom stereocenters. The van der Waals surface area contributed by atoms with Crippen LogP contribution in [0.15, 0.2) is 18.2 Å². The highest BCUT2D eigenvalue weighted by Gasteiger charge is 2.16. The average molecular weight is 264 g/mol. The van der Waals surface area contributed by atoms with Gasteiger partial charge in [0.15, 0.2) is 0 Å². The van der Waals surface area contributed by atoms with Crippen molar-refractivity contribution in [3.63, 3.8) is 0 Å². The van der Waals surface area contributed by atoms with Crippen LogP contribution in [-0.2, 0) is 0 Å². The molecule has 0 bridgehead atoms. The van der Waals surface area contributed by atoms with Crippen molar-refractivity contribution >= 4 is 17.3 Å². The average Bonchev–Trinajstić information content (AvgIpc) is 2.30. The van der Waals surface area contributed by atoms with E-state index in [0.717, 1.165) is 18.8 Å². The van der Waals surface area contributed by atoms with Gasteiger partial charge in [0.25, 0.3) is 0 Å². The van der Waals surface area contributed by atoms with Gasteiger partial charge in [0.2, 0.25) is 5.91 Å². The van der Waals surface area contributed by atoms with E-state index in [-0.39, 0.29) is 0 Å². The fourth-order valence-corrected chi connectivity index (χ4v) is 2.32. The molecule has 0 aliphatic rings. The Kier molecular flexibility index (Phi) is 5.18. The van der Waals surface area contributed by atoms with Crippen molar-refractivity contribution < 1.29 is 4.79 Å². The molecule has 1 rings (SSSR count). The minimum Gasteiger partial charge on any atom is -0.397 e. The first-order valence-electron chi connectivity index (χ1n) is 6.47. The summed E-state index contributed by atoms with van der Waals surface area (Å²) in [7, 11) is 4.09. The maximum Gasteiger partial charge on any atom is 0.248 e. The molecule has 0 aromatic heterocycles. The molecule has 19 heavy (non-hydrogen) atoms. The standard InChI is InChI=1S/C14H24N4O/c1-5-18(10(2)9-17(3)4)13-7-6-11(14(16)19)8-12(13)15/h6-8,10H,5,9,15H2,1-4H3,(H2,16,19). The van der Waals surface area contributed by atoms with Crippen LogP contribution in [0.5, 0.6) is 0 Å². The molecule has 0 saturated heterocycles. The first-order chi connectivity index (χ1) is 8.86. The van der Waals surface area contributed by atoms with Crippen molar-refractivity contribution in [2.75, 3.05) is 37.8 Å². The third-order valence-electron chi connectivity index (χ3n) is 3.12. The molecular weight excluding hydrogens is 240 g/mol. The lowest BCUT2D eigenvalue weighted by Crippen LogP contribution is -2.40. The van der Waals surface area contributed by atoms with Crippen LogP contribution in [-0.4, -0.2) is 44.0 Å². The predicted octanol–water partition coefficient (Wildman–Crippen LogP) is 1.14. The Balaban J connectivity index is 3.02. The highest BCUT2D eigenvalue weighted by molar-refractivity contribution is 5.94. The van der Waals surface area contributed by atoms with E-state index in [1.165, 1.54) is 0 Å². The molecule has 1 unspecified atom stereocenters. The third kappa shape index (κ3) is 3.86. The highest BCUT2D eigenvalue weighted by atomic mass is 16.1. The maximum absolute atomic E-state index is 11.1. The number of nitrogens with zero attached hydrogens (tertiary/aromatic N) is 2. The summed E-state index contributed by atoms with van der Waals surface area (Å²) in [5.41, 5.74) is 13.3. The summed E-state index contributed by atoms with van der Waals surface area (Å²) in [5, 5.41) is 0. The second kappa shape index (κ2) is 6.43. The number of amides is 1. The van der Waals surface area contributed by atoms with Crippen molar-refractivity contribution in [3.8, 4) is 0 Å². The van der Waals surface area contributed by atoms with E-state index in [4.69, 9.17) is 11.5 Å². The zero-order valence-corrected chi connectivity index (χ0v) is 12.2. The van der Waals surface area contributed by atoms with Gasteiger partial charge in [-0.3, -0.25) is 4.79 Å². The van der Waals surface area contributed by atoms with Gasteiger partial charge in [0.1, 0.15) is 0 Å². The molecule has 1 aromatic carbocycles. The number of hydrogen-bond donors (Lipinski definition) is 2. The van der Waals surface area contributed by atoms with Crippen LogP contribution in [0.25, 0.3) is 0 Å². The molecule has 5 nitrogen and oxygen atoms in total. The fraction of sp³-hybridized carbons (Fsp3) is 0.500. The monoisotopic (exact) mass is 264 g/mol. The smallest absolute Gasteiger partial charge is 0.248 e. The van der Waals surface area contributed by atoms with Gasteiger partial charge in [-0.25, -0.2) is 0 Å². The van der Waals surface area contributed by atoms with E-state index in [9.17, 15) is 4.79 Å². The zero-order valence-electron chi connectivity index (χ0n) is 12.2. The second-order valence-electron chi connectivity index (χ2n) is 5.04. The van der Waals surface area contributed by atoms with E-state index in [0.29, 0.717) is 17.3 Å². The number of hydrogen-bond acceptors (Lipinski definition) is 4. The van der Waals surface area contributed by atoms with Crippen LogP contribution < -0.4 is 16.4 Å². The summed E-state index contributed by atoms with van der Waals surface area (Å²) in [4.78, 5) is 15.5. The van der Waals surface area contributed by atoms with E-state index >= 15 is 0 Å². The van der Waals surface area contributed by atoms with Crippen LogP contribution in [0.3, 0.4) is 0 Å². The molecule has 0 saturated carbocycles. The van der Waals surface area contributed by atoms with Gasteiger partial charge in [-0.1, -0.05) is 0 Å². The van der Waals surface area contributed by atoms with Crippen LogP contribution in [0.4, 0.5) is 11.4 Å². The van der Waals surface area contributed by atoms with Gasteiger partial charge < -0.3 is 21.3 Å². The van der Waals surface area contributed by atoms with Gasteiger partial charge in [-0.15, -0.1) is 0 Å². The van der Waals surface area contributed by atoms with Crippen LogP contribution in [0, 0.1) is 0 Å². The van der Waals surface area contributed by atoms with Crippen molar-refractivity contribution in [1.82, 2.24) is 4.90 Å². The molecule has 1 aromatic rings. The molecule has 0 radical (unpaired) electrons. The molecule has 5 heteroatoms. The Morgan fingerprint density at radius 3 is 2.42 bits per heavy atom. The summed E-state index contributed by atoms with van der Waals surface area (Å²) >= 11 is 0. The van der Waals surface area contributed by atoms with Crippen LogP contribution in [0.1, 0.15) is 24.2 Å². The van der Waals surface area contributed by atoms with Gasteiger partial charge in [0.05, 0.1) is 11.4 Å². The van der Waals surface area contributed by atoms with Gasteiger partial charge in [-0.2, -0.15) is 0 Å². The third-order valence-corrected chi connectivity index (χ3v) is 3.12. The summed E-state index contributed by atoms with van der Waals surface area (Å²) in [6.45, 7) is 6.04. The first-order valence-corrected chi connectivity index (χ1v) is 6.47. The predicted molar refractivity (Wildman–Crippen MR) is 80.4 cm³/mol. The lowest BCUT2D eigenvalue weighted by Gasteiger charge is -2.33. The number of rotatable bonds is 6. The lowest BCUT2D eigenvalue weighted by molar-refractivity contribution is 0.100. The van der Waals surface area contributed by atoms with Crippen molar-refractivity contribution in [2.24, 2.45) is 5.73 Å². The molecule has 0 fully saturated rings. The molecule has 0 aliphatic carbocycles. The van der Waals surface area contributed by atoms with E-state index in [1.807, 2.05) is 20.2 Å². The Morgan fingerprint density at radius 2 is 2.00 bits per heavy atom. The molecule has 4 N–H and O–H groups in total. The van der Waals surface area contributed by atoms with Gasteiger partial charge in [0, 0.05) is 24.7 Å². The molecule has 106 valence electrons. The molecular formula is C14H24N4O. The lowest BCUT2D eigenvalue weighted by atomic mass is 10.1. The quantitative estimate of drug-likeness (QED) is 0.756. The number of carbonyl (C=O) groups is 1. The minimum atomic E-state index is -0.456. The molecule has 1 amide bonds. The normalized spacial score (nSPS) is 12.5. The minimum absolute atomic E-state index is 0.335. The summed E-state index contributed by atoms with van der Waals surface area (Å²) in [5.74, 6) is -0.456. The fourth-order valence-electron chi connectivity index (χ4n) is 2.32. The topological polar surface area (TPSA) is 75.6 Å². The van der Waals surface area contributed by atoms with E-state index in [1.54, 1.807) is 12.1 Å².